The van der Waals surface area contributed by atoms with Gasteiger partial charge in [0.05, 0.1) is 12.1 Å². The van der Waals surface area contributed by atoms with Crippen molar-refractivity contribution >= 4 is 11.7 Å². The highest BCUT2D eigenvalue weighted by molar-refractivity contribution is 5.79. The van der Waals surface area contributed by atoms with Crippen LogP contribution in [0.15, 0.2) is 22.7 Å². The highest BCUT2D eigenvalue weighted by Crippen LogP contribution is 2.19. The number of aromatic nitrogens is 2. The Bertz CT molecular complexity index is 706. The zero-order valence-electron chi connectivity index (χ0n) is 14.5. The van der Waals surface area contributed by atoms with Crippen molar-refractivity contribution in [1.29, 1.82) is 0 Å². The molecule has 3 rings (SSSR count). The van der Waals surface area contributed by atoms with Crippen molar-refractivity contribution in [2.75, 3.05) is 18.0 Å². The van der Waals surface area contributed by atoms with Gasteiger partial charge in [0.15, 0.2) is 0 Å². The van der Waals surface area contributed by atoms with Crippen LogP contribution in [0.2, 0.25) is 0 Å². The van der Waals surface area contributed by atoms with E-state index in [1.165, 1.54) is 0 Å². The van der Waals surface area contributed by atoms with Gasteiger partial charge in [0.25, 0.3) is 0 Å². The number of hydrogen-bond donors (Lipinski definition) is 1. The van der Waals surface area contributed by atoms with Crippen LogP contribution in [0.5, 0.6) is 0 Å². The molecule has 2 aromatic rings. The van der Waals surface area contributed by atoms with Crippen molar-refractivity contribution in [2.24, 2.45) is 0 Å². The molecule has 2 aromatic heterocycles. The Morgan fingerprint density at radius 1 is 1.38 bits per heavy atom. The van der Waals surface area contributed by atoms with Gasteiger partial charge in [0, 0.05) is 30.4 Å². The van der Waals surface area contributed by atoms with Gasteiger partial charge < -0.3 is 14.7 Å². The molecule has 1 N–H and O–H groups in total. The predicted molar refractivity (Wildman–Crippen MR) is 92.0 cm³/mol. The number of amides is 1. The van der Waals surface area contributed by atoms with Gasteiger partial charge in [0.2, 0.25) is 5.91 Å². The molecule has 1 amide bonds. The Morgan fingerprint density at radius 3 is 2.92 bits per heavy atom. The van der Waals surface area contributed by atoms with Crippen molar-refractivity contribution in [1.82, 2.24) is 15.5 Å². The molecule has 0 aromatic carbocycles. The van der Waals surface area contributed by atoms with Crippen LogP contribution in [0.25, 0.3) is 0 Å². The lowest BCUT2D eigenvalue weighted by Crippen LogP contribution is -2.48. The van der Waals surface area contributed by atoms with E-state index in [-0.39, 0.29) is 11.9 Å². The smallest absolute Gasteiger partial charge is 0.224 e. The van der Waals surface area contributed by atoms with E-state index in [2.05, 4.69) is 20.4 Å². The molecule has 3 heterocycles. The lowest BCUT2D eigenvalue weighted by molar-refractivity contribution is -0.121. The number of piperidine rings is 1. The summed E-state index contributed by atoms with van der Waals surface area (Å²) in [5, 5.41) is 7.05. The molecule has 1 unspecified atom stereocenters. The van der Waals surface area contributed by atoms with Crippen LogP contribution >= 0.6 is 0 Å². The Morgan fingerprint density at radius 2 is 2.21 bits per heavy atom. The molecule has 0 saturated carbocycles. The summed E-state index contributed by atoms with van der Waals surface area (Å²) < 4.78 is 5.13. The molecule has 128 valence electrons. The van der Waals surface area contributed by atoms with Gasteiger partial charge in [-0.05, 0) is 45.7 Å². The maximum Gasteiger partial charge on any atom is 0.224 e. The molecule has 1 fully saturated rings. The molecule has 0 spiro atoms. The summed E-state index contributed by atoms with van der Waals surface area (Å²) in [6.07, 6.45) is 2.36. The quantitative estimate of drug-likeness (QED) is 0.932. The molecular formula is C18H24N4O2. The largest absolute Gasteiger partial charge is 0.361 e. The second kappa shape index (κ2) is 7.03. The van der Waals surface area contributed by atoms with Crippen molar-refractivity contribution in [3.05, 3.63) is 40.9 Å². The Kier molecular flexibility index (Phi) is 4.83. The minimum Gasteiger partial charge on any atom is -0.361 e. The first-order valence-corrected chi connectivity index (χ1v) is 8.42. The van der Waals surface area contributed by atoms with Gasteiger partial charge in [-0.3, -0.25) is 4.79 Å². The van der Waals surface area contributed by atoms with Gasteiger partial charge in [-0.1, -0.05) is 11.2 Å². The third-order valence-corrected chi connectivity index (χ3v) is 4.50. The van der Waals surface area contributed by atoms with E-state index in [1.807, 2.05) is 39.0 Å². The van der Waals surface area contributed by atoms with Crippen molar-refractivity contribution in [3.8, 4) is 0 Å². The minimum absolute atomic E-state index is 0.0217. The lowest BCUT2D eigenvalue weighted by atomic mass is 10.0. The SMILES string of the molecule is Cc1cccc(N2CCCC(NC(=O)Cc3c(C)noc3C)C2)n1. The van der Waals surface area contributed by atoms with Gasteiger partial charge in [-0.25, -0.2) is 4.98 Å². The van der Waals surface area contributed by atoms with Crippen LogP contribution in [-0.4, -0.2) is 35.2 Å². The maximum atomic E-state index is 12.4. The van der Waals surface area contributed by atoms with Crippen LogP contribution in [0, 0.1) is 20.8 Å². The van der Waals surface area contributed by atoms with Crippen LogP contribution in [0.3, 0.4) is 0 Å². The number of nitrogens with zero attached hydrogens (tertiary/aromatic N) is 3. The standard InChI is InChI=1S/C18H24N4O2/c1-12-6-4-8-17(19-12)22-9-5-7-15(11-22)20-18(23)10-16-13(2)21-24-14(16)3/h4,6,8,15H,5,7,9-11H2,1-3H3,(H,20,23). The van der Waals surface area contributed by atoms with E-state index in [9.17, 15) is 4.79 Å². The van der Waals surface area contributed by atoms with E-state index in [4.69, 9.17) is 4.52 Å². The number of carbonyl (C=O) groups is 1. The van der Waals surface area contributed by atoms with Gasteiger partial charge in [-0.2, -0.15) is 0 Å². The number of hydrogen-bond acceptors (Lipinski definition) is 5. The highest BCUT2D eigenvalue weighted by Gasteiger charge is 2.23. The monoisotopic (exact) mass is 328 g/mol. The minimum atomic E-state index is 0.0217. The molecule has 24 heavy (non-hydrogen) atoms. The van der Waals surface area contributed by atoms with E-state index in [0.717, 1.165) is 54.5 Å². The first-order valence-electron chi connectivity index (χ1n) is 8.42. The number of aryl methyl sites for hydroxylation is 3. The molecule has 0 radical (unpaired) electrons. The first kappa shape index (κ1) is 16.5. The number of rotatable bonds is 4. The Hall–Kier alpha value is -2.37. The van der Waals surface area contributed by atoms with Gasteiger partial charge >= 0.3 is 0 Å². The van der Waals surface area contributed by atoms with E-state index in [0.29, 0.717) is 6.42 Å². The average Bonchev–Trinajstić information content (AvgIpc) is 2.87. The first-order chi connectivity index (χ1) is 11.5. The van der Waals surface area contributed by atoms with E-state index < -0.39 is 0 Å². The summed E-state index contributed by atoms with van der Waals surface area (Å²) in [5.41, 5.74) is 2.69. The van der Waals surface area contributed by atoms with Crippen molar-refractivity contribution in [2.45, 2.75) is 46.1 Å². The van der Waals surface area contributed by atoms with E-state index in [1.54, 1.807) is 0 Å². The summed E-state index contributed by atoms with van der Waals surface area (Å²) >= 11 is 0. The molecule has 1 aliphatic rings. The number of anilines is 1. The molecule has 1 saturated heterocycles. The molecular weight excluding hydrogens is 304 g/mol. The second-order valence-corrected chi connectivity index (χ2v) is 6.47. The molecule has 0 bridgehead atoms. The zero-order valence-corrected chi connectivity index (χ0v) is 14.5. The fourth-order valence-corrected chi connectivity index (χ4v) is 3.20. The summed E-state index contributed by atoms with van der Waals surface area (Å²) in [6.45, 7) is 7.48. The maximum absolute atomic E-state index is 12.4. The van der Waals surface area contributed by atoms with Crippen LogP contribution < -0.4 is 10.2 Å². The predicted octanol–water partition coefficient (Wildman–Crippen LogP) is 2.32. The number of carbonyl (C=O) groups excluding carboxylic acids is 1. The van der Waals surface area contributed by atoms with Crippen LogP contribution in [0.4, 0.5) is 5.82 Å². The normalized spacial score (nSPS) is 17.8. The lowest BCUT2D eigenvalue weighted by Gasteiger charge is -2.34. The number of pyridine rings is 1. The van der Waals surface area contributed by atoms with Gasteiger partial charge in [-0.15, -0.1) is 0 Å². The molecule has 6 nitrogen and oxygen atoms in total. The van der Waals surface area contributed by atoms with E-state index >= 15 is 0 Å². The molecule has 6 heteroatoms. The Balaban J connectivity index is 1.60. The van der Waals surface area contributed by atoms with Crippen LogP contribution in [-0.2, 0) is 11.2 Å². The van der Waals surface area contributed by atoms with Crippen molar-refractivity contribution < 1.29 is 9.32 Å². The zero-order chi connectivity index (χ0) is 17.1. The molecule has 0 aliphatic carbocycles. The summed E-state index contributed by atoms with van der Waals surface area (Å²) in [5.74, 6) is 1.73. The third-order valence-electron chi connectivity index (χ3n) is 4.50. The van der Waals surface area contributed by atoms with Gasteiger partial charge in [0.1, 0.15) is 11.6 Å². The highest BCUT2D eigenvalue weighted by atomic mass is 16.5. The average molecular weight is 328 g/mol. The molecule has 1 atom stereocenters. The fourth-order valence-electron chi connectivity index (χ4n) is 3.20. The Labute approximate surface area is 142 Å². The van der Waals surface area contributed by atoms with Crippen molar-refractivity contribution in [3.63, 3.8) is 0 Å². The fraction of sp³-hybridized carbons (Fsp3) is 0.500. The van der Waals surface area contributed by atoms with Crippen LogP contribution in [0.1, 0.15) is 35.6 Å². The topological polar surface area (TPSA) is 71.3 Å². The summed E-state index contributed by atoms with van der Waals surface area (Å²) in [4.78, 5) is 19.2. The second-order valence-electron chi connectivity index (χ2n) is 6.47. The number of nitrogens with one attached hydrogen (secondary N) is 1. The summed E-state index contributed by atoms with van der Waals surface area (Å²) in [6, 6.07) is 6.20. The molecule has 1 aliphatic heterocycles. The summed E-state index contributed by atoms with van der Waals surface area (Å²) in [7, 11) is 0. The third kappa shape index (κ3) is 3.75.